The molecule has 0 saturated carbocycles. The second-order valence-electron chi connectivity index (χ2n) is 5.47. The lowest BCUT2D eigenvalue weighted by Crippen LogP contribution is -2.36. The molecule has 2 nitrogen and oxygen atoms in total. The number of ether oxygens (including phenoxy) is 1. The minimum atomic E-state index is -0.224. The van der Waals surface area contributed by atoms with Crippen molar-refractivity contribution in [1.29, 1.82) is 0 Å². The standard InChI is InChI=1S/C16H24FNO/c1-4-8-18-14-10-15(11(3)5-2)19-16-9-12(17)6-7-13(14)16/h6-7,9,11,14-15,18H,4-5,8,10H2,1-3H3. The molecule has 3 unspecified atom stereocenters. The van der Waals surface area contributed by atoms with Gasteiger partial charge in [0.05, 0.1) is 0 Å². The summed E-state index contributed by atoms with van der Waals surface area (Å²) in [5.41, 5.74) is 1.09. The molecule has 1 aromatic carbocycles. The second-order valence-corrected chi connectivity index (χ2v) is 5.47. The van der Waals surface area contributed by atoms with E-state index in [2.05, 4.69) is 26.1 Å². The molecule has 19 heavy (non-hydrogen) atoms. The molecule has 106 valence electrons. The molecule has 0 fully saturated rings. The average Bonchev–Trinajstić information content (AvgIpc) is 2.43. The molecule has 0 amide bonds. The van der Waals surface area contributed by atoms with Crippen LogP contribution in [0.2, 0.25) is 0 Å². The Labute approximate surface area is 115 Å². The van der Waals surface area contributed by atoms with E-state index in [1.807, 2.05) is 6.07 Å². The minimum absolute atomic E-state index is 0.175. The maximum atomic E-state index is 13.4. The molecule has 0 bridgehead atoms. The third-order valence-electron chi connectivity index (χ3n) is 4.02. The van der Waals surface area contributed by atoms with Crippen LogP contribution >= 0.6 is 0 Å². The lowest BCUT2D eigenvalue weighted by atomic mass is 9.89. The number of halogens is 1. The summed E-state index contributed by atoms with van der Waals surface area (Å²) in [6, 6.07) is 5.17. The zero-order valence-electron chi connectivity index (χ0n) is 12.1. The second kappa shape index (κ2) is 6.38. The first-order valence-electron chi connectivity index (χ1n) is 7.35. The highest BCUT2D eigenvalue weighted by Gasteiger charge is 2.30. The van der Waals surface area contributed by atoms with Crippen molar-refractivity contribution in [2.45, 2.75) is 52.2 Å². The maximum Gasteiger partial charge on any atom is 0.127 e. The van der Waals surface area contributed by atoms with Crippen LogP contribution < -0.4 is 10.1 Å². The predicted molar refractivity (Wildman–Crippen MR) is 75.9 cm³/mol. The first-order valence-corrected chi connectivity index (χ1v) is 7.35. The molecule has 3 atom stereocenters. The summed E-state index contributed by atoms with van der Waals surface area (Å²) < 4.78 is 19.4. The van der Waals surface area contributed by atoms with E-state index in [0.717, 1.165) is 31.4 Å². The fourth-order valence-electron chi connectivity index (χ4n) is 2.59. The number of hydrogen-bond donors (Lipinski definition) is 1. The molecule has 1 heterocycles. The van der Waals surface area contributed by atoms with E-state index in [0.29, 0.717) is 11.7 Å². The van der Waals surface area contributed by atoms with Gasteiger partial charge in [-0.05, 0) is 24.9 Å². The SMILES string of the molecule is CCCNC1CC(C(C)CC)Oc2cc(F)ccc21. The van der Waals surface area contributed by atoms with E-state index in [1.54, 1.807) is 0 Å². The molecular weight excluding hydrogens is 241 g/mol. The summed E-state index contributed by atoms with van der Waals surface area (Å²) in [5.74, 6) is 0.977. The largest absolute Gasteiger partial charge is 0.490 e. The Balaban J connectivity index is 2.23. The molecular formula is C16H24FNO. The smallest absolute Gasteiger partial charge is 0.127 e. The van der Waals surface area contributed by atoms with E-state index >= 15 is 0 Å². The highest BCUT2D eigenvalue weighted by molar-refractivity contribution is 5.38. The first-order chi connectivity index (χ1) is 9.15. The molecule has 0 aliphatic carbocycles. The van der Waals surface area contributed by atoms with Crippen LogP contribution in [0.5, 0.6) is 5.75 Å². The molecule has 0 spiro atoms. The van der Waals surface area contributed by atoms with Crippen LogP contribution in [0.15, 0.2) is 18.2 Å². The fraction of sp³-hybridized carbons (Fsp3) is 0.625. The lowest BCUT2D eigenvalue weighted by Gasteiger charge is -2.35. The Morgan fingerprint density at radius 2 is 2.21 bits per heavy atom. The highest BCUT2D eigenvalue weighted by Crippen LogP contribution is 2.37. The van der Waals surface area contributed by atoms with Gasteiger partial charge in [-0.25, -0.2) is 4.39 Å². The monoisotopic (exact) mass is 265 g/mol. The Kier molecular flexibility index (Phi) is 4.81. The van der Waals surface area contributed by atoms with Gasteiger partial charge in [-0.2, -0.15) is 0 Å². The number of nitrogens with one attached hydrogen (secondary N) is 1. The van der Waals surface area contributed by atoms with E-state index in [4.69, 9.17) is 4.74 Å². The van der Waals surface area contributed by atoms with Crippen molar-refractivity contribution in [2.24, 2.45) is 5.92 Å². The average molecular weight is 265 g/mol. The van der Waals surface area contributed by atoms with Gasteiger partial charge in [0.1, 0.15) is 17.7 Å². The molecule has 1 N–H and O–H groups in total. The topological polar surface area (TPSA) is 21.3 Å². The lowest BCUT2D eigenvalue weighted by molar-refractivity contribution is 0.0975. The molecule has 1 aliphatic heterocycles. The van der Waals surface area contributed by atoms with E-state index in [1.165, 1.54) is 12.1 Å². The van der Waals surface area contributed by atoms with Crippen LogP contribution in [0.25, 0.3) is 0 Å². The van der Waals surface area contributed by atoms with Crippen LogP contribution in [-0.4, -0.2) is 12.6 Å². The molecule has 0 aromatic heterocycles. The Hall–Kier alpha value is -1.09. The molecule has 3 heteroatoms. The molecule has 0 radical (unpaired) electrons. The molecule has 0 saturated heterocycles. The van der Waals surface area contributed by atoms with Crippen molar-refractivity contribution in [3.8, 4) is 5.75 Å². The first kappa shape index (κ1) is 14.3. The van der Waals surface area contributed by atoms with Gasteiger partial charge in [-0.3, -0.25) is 0 Å². The minimum Gasteiger partial charge on any atom is -0.490 e. The van der Waals surface area contributed by atoms with Crippen molar-refractivity contribution in [3.05, 3.63) is 29.6 Å². The third kappa shape index (κ3) is 3.27. The van der Waals surface area contributed by atoms with Gasteiger partial charge < -0.3 is 10.1 Å². The number of rotatable bonds is 5. The molecule has 2 rings (SSSR count). The highest BCUT2D eigenvalue weighted by atomic mass is 19.1. The summed E-state index contributed by atoms with van der Waals surface area (Å²) in [6.45, 7) is 7.51. The third-order valence-corrected chi connectivity index (χ3v) is 4.02. The summed E-state index contributed by atoms with van der Waals surface area (Å²) in [5, 5.41) is 3.55. The van der Waals surface area contributed by atoms with Crippen LogP contribution in [0.1, 0.15) is 51.6 Å². The summed E-state index contributed by atoms with van der Waals surface area (Å²) in [7, 11) is 0. The number of benzene rings is 1. The van der Waals surface area contributed by atoms with Crippen molar-refractivity contribution in [3.63, 3.8) is 0 Å². The number of fused-ring (bicyclic) bond motifs is 1. The van der Waals surface area contributed by atoms with Crippen molar-refractivity contribution >= 4 is 0 Å². The van der Waals surface area contributed by atoms with Crippen molar-refractivity contribution < 1.29 is 9.13 Å². The Morgan fingerprint density at radius 1 is 1.42 bits per heavy atom. The van der Waals surface area contributed by atoms with Gasteiger partial charge in [0.2, 0.25) is 0 Å². The van der Waals surface area contributed by atoms with Crippen LogP contribution in [-0.2, 0) is 0 Å². The Morgan fingerprint density at radius 3 is 2.89 bits per heavy atom. The maximum absolute atomic E-state index is 13.4. The Bertz CT molecular complexity index is 421. The van der Waals surface area contributed by atoms with Gasteiger partial charge >= 0.3 is 0 Å². The fourth-order valence-corrected chi connectivity index (χ4v) is 2.59. The predicted octanol–water partition coefficient (Wildman–Crippen LogP) is 4.06. The van der Waals surface area contributed by atoms with Crippen LogP contribution in [0.3, 0.4) is 0 Å². The quantitative estimate of drug-likeness (QED) is 0.866. The van der Waals surface area contributed by atoms with E-state index in [-0.39, 0.29) is 18.0 Å². The van der Waals surface area contributed by atoms with Gasteiger partial charge in [0.15, 0.2) is 0 Å². The normalized spacial score (nSPS) is 23.6. The summed E-state index contributed by atoms with van der Waals surface area (Å²) in [4.78, 5) is 0. The van der Waals surface area contributed by atoms with Gasteiger partial charge in [0.25, 0.3) is 0 Å². The van der Waals surface area contributed by atoms with E-state index in [9.17, 15) is 4.39 Å². The van der Waals surface area contributed by atoms with Gasteiger partial charge in [-0.1, -0.05) is 33.3 Å². The summed E-state index contributed by atoms with van der Waals surface area (Å²) in [6.07, 6.45) is 3.32. The zero-order valence-corrected chi connectivity index (χ0v) is 12.1. The number of hydrogen-bond acceptors (Lipinski definition) is 2. The van der Waals surface area contributed by atoms with Gasteiger partial charge in [0, 0.05) is 24.1 Å². The van der Waals surface area contributed by atoms with Gasteiger partial charge in [-0.15, -0.1) is 0 Å². The van der Waals surface area contributed by atoms with E-state index < -0.39 is 0 Å². The zero-order chi connectivity index (χ0) is 13.8. The molecule has 1 aromatic rings. The van der Waals surface area contributed by atoms with Crippen molar-refractivity contribution in [1.82, 2.24) is 5.32 Å². The molecule has 1 aliphatic rings. The van der Waals surface area contributed by atoms with Crippen molar-refractivity contribution in [2.75, 3.05) is 6.54 Å². The summed E-state index contributed by atoms with van der Waals surface area (Å²) >= 11 is 0. The van der Waals surface area contributed by atoms with Crippen LogP contribution in [0.4, 0.5) is 4.39 Å². The van der Waals surface area contributed by atoms with Crippen LogP contribution in [0, 0.1) is 11.7 Å².